The van der Waals surface area contributed by atoms with Crippen molar-refractivity contribution in [2.24, 2.45) is 0 Å². The second-order valence-electron chi connectivity index (χ2n) is 9.48. The first kappa shape index (κ1) is 26.1. The van der Waals surface area contributed by atoms with Gasteiger partial charge in [0.2, 0.25) is 0 Å². The number of carboxylic acids is 1. The normalized spacial score (nSPS) is 16.3. The molecule has 5 nitrogen and oxygen atoms in total. The van der Waals surface area contributed by atoms with E-state index in [1.165, 1.54) is 16.0 Å². The molecule has 0 spiro atoms. The molecule has 36 heavy (non-hydrogen) atoms. The van der Waals surface area contributed by atoms with E-state index in [2.05, 4.69) is 38.1 Å². The van der Waals surface area contributed by atoms with Crippen LogP contribution in [0.4, 0.5) is 0 Å². The van der Waals surface area contributed by atoms with Crippen LogP contribution in [0.15, 0.2) is 60.7 Å². The molecule has 0 saturated carbocycles. The second-order valence-corrected chi connectivity index (χ2v) is 10.3. The Balaban J connectivity index is 1.53. The topological polar surface area (TPSA) is 66.8 Å². The Morgan fingerprint density at radius 2 is 1.78 bits per heavy atom. The Morgan fingerprint density at radius 1 is 1.06 bits per heavy atom. The van der Waals surface area contributed by atoms with E-state index in [1.54, 1.807) is 24.3 Å². The van der Waals surface area contributed by atoms with Crippen LogP contribution in [0.1, 0.15) is 52.9 Å². The van der Waals surface area contributed by atoms with Crippen molar-refractivity contribution in [2.75, 3.05) is 6.54 Å². The number of amides is 1. The van der Waals surface area contributed by atoms with Crippen molar-refractivity contribution < 1.29 is 19.4 Å². The summed E-state index contributed by atoms with van der Waals surface area (Å²) in [5, 5.41) is 9.96. The molecule has 1 amide bonds. The maximum absolute atomic E-state index is 13.5. The number of aryl methyl sites for hydroxylation is 1. The van der Waals surface area contributed by atoms with E-state index in [0.29, 0.717) is 27.6 Å². The largest absolute Gasteiger partial charge is 0.487 e. The highest BCUT2D eigenvalue weighted by atomic mass is 35.5. The third-order valence-electron chi connectivity index (χ3n) is 6.51. The fraction of sp³-hybridized carbons (Fsp3) is 0.310. The first-order chi connectivity index (χ1) is 17.2. The first-order valence-electron chi connectivity index (χ1n) is 12.0. The van der Waals surface area contributed by atoms with Crippen molar-refractivity contribution in [3.05, 3.63) is 98.5 Å². The van der Waals surface area contributed by atoms with Gasteiger partial charge in [-0.1, -0.05) is 66.5 Å². The summed E-state index contributed by atoms with van der Waals surface area (Å²) in [7, 11) is 0. The highest BCUT2D eigenvalue weighted by Crippen LogP contribution is 2.38. The number of hydrogen-bond acceptors (Lipinski definition) is 3. The zero-order valence-corrected chi connectivity index (χ0v) is 21.9. The number of ether oxygens (including phenoxy) is 1. The third-order valence-corrected chi connectivity index (χ3v) is 7.37. The summed E-state index contributed by atoms with van der Waals surface area (Å²) in [4.78, 5) is 26.2. The van der Waals surface area contributed by atoms with Crippen LogP contribution in [0.5, 0.6) is 5.75 Å². The van der Waals surface area contributed by atoms with E-state index in [-0.39, 0.29) is 25.4 Å². The van der Waals surface area contributed by atoms with Gasteiger partial charge in [-0.2, -0.15) is 0 Å². The SMILES string of the molecule is CCc1ccc(C[C@@]2(C)Cc3cc(C(=O)N(CCC(=O)O)Cc4cccc(Cl)c4Cl)ccc3O2)cc1. The number of carbonyl (C=O) groups is 2. The minimum absolute atomic E-state index is 0.0517. The molecule has 1 N–H and O–H groups in total. The van der Waals surface area contributed by atoms with Gasteiger partial charge in [-0.25, -0.2) is 0 Å². The van der Waals surface area contributed by atoms with E-state index in [1.807, 2.05) is 12.1 Å². The maximum atomic E-state index is 13.5. The van der Waals surface area contributed by atoms with Crippen molar-refractivity contribution in [1.82, 2.24) is 4.90 Å². The number of rotatable bonds is 9. The van der Waals surface area contributed by atoms with Crippen molar-refractivity contribution in [3.63, 3.8) is 0 Å². The average Bonchev–Trinajstić information content (AvgIpc) is 3.19. The number of halogens is 2. The molecule has 7 heteroatoms. The third kappa shape index (κ3) is 6.03. The first-order valence-corrected chi connectivity index (χ1v) is 12.8. The number of carbonyl (C=O) groups excluding carboxylic acids is 1. The Labute approximate surface area is 221 Å². The highest BCUT2D eigenvalue weighted by Gasteiger charge is 2.35. The summed E-state index contributed by atoms with van der Waals surface area (Å²) in [5.41, 5.74) is 4.21. The number of aliphatic carboxylic acids is 1. The zero-order chi connectivity index (χ0) is 25.9. The van der Waals surface area contributed by atoms with Gasteiger partial charge < -0.3 is 14.7 Å². The van der Waals surface area contributed by atoms with Crippen molar-refractivity contribution in [2.45, 2.75) is 51.7 Å². The van der Waals surface area contributed by atoms with Crippen LogP contribution in [-0.2, 0) is 30.6 Å². The monoisotopic (exact) mass is 525 g/mol. The van der Waals surface area contributed by atoms with E-state index in [0.717, 1.165) is 24.2 Å². The molecular formula is C29H29Cl2NO4. The number of carboxylic acid groups (broad SMARTS) is 1. The molecule has 0 fully saturated rings. The van der Waals surface area contributed by atoms with Gasteiger partial charge in [0.1, 0.15) is 11.4 Å². The second kappa shape index (κ2) is 10.9. The van der Waals surface area contributed by atoms with E-state index >= 15 is 0 Å². The van der Waals surface area contributed by atoms with Crippen LogP contribution in [0.3, 0.4) is 0 Å². The van der Waals surface area contributed by atoms with Gasteiger partial charge >= 0.3 is 5.97 Å². The van der Waals surface area contributed by atoms with Crippen LogP contribution in [0, 0.1) is 0 Å². The number of hydrogen-bond donors (Lipinski definition) is 1. The van der Waals surface area contributed by atoms with Gasteiger partial charge in [0.25, 0.3) is 5.91 Å². The molecular weight excluding hydrogens is 497 g/mol. The Kier molecular flexibility index (Phi) is 7.91. The molecule has 3 aromatic carbocycles. The Bertz CT molecular complexity index is 1270. The van der Waals surface area contributed by atoms with Crippen LogP contribution in [-0.4, -0.2) is 34.0 Å². The lowest BCUT2D eigenvalue weighted by molar-refractivity contribution is -0.137. The molecule has 0 radical (unpaired) electrons. The highest BCUT2D eigenvalue weighted by molar-refractivity contribution is 6.42. The predicted molar refractivity (Wildman–Crippen MR) is 142 cm³/mol. The molecule has 3 aromatic rings. The van der Waals surface area contributed by atoms with Crippen molar-refractivity contribution >= 4 is 35.1 Å². The molecule has 1 atom stereocenters. The summed E-state index contributed by atoms with van der Waals surface area (Å²) in [6.07, 6.45) is 2.26. The van der Waals surface area contributed by atoms with Gasteiger partial charge in [0.15, 0.2) is 0 Å². The quantitative estimate of drug-likeness (QED) is 0.341. The lowest BCUT2D eigenvalue weighted by Gasteiger charge is -2.24. The van der Waals surface area contributed by atoms with Gasteiger partial charge in [-0.3, -0.25) is 9.59 Å². The smallest absolute Gasteiger partial charge is 0.305 e. The molecule has 188 valence electrons. The van der Waals surface area contributed by atoms with Crippen molar-refractivity contribution in [1.29, 1.82) is 0 Å². The van der Waals surface area contributed by atoms with Crippen LogP contribution in [0.25, 0.3) is 0 Å². The summed E-state index contributed by atoms with van der Waals surface area (Å²) in [6.45, 7) is 4.43. The number of benzene rings is 3. The van der Waals surface area contributed by atoms with Crippen LogP contribution in [0.2, 0.25) is 10.0 Å². The molecule has 0 aliphatic carbocycles. The van der Waals surface area contributed by atoms with E-state index in [9.17, 15) is 14.7 Å². The summed E-state index contributed by atoms with van der Waals surface area (Å²) < 4.78 is 6.32. The fourth-order valence-corrected chi connectivity index (χ4v) is 5.00. The molecule has 0 saturated heterocycles. The maximum Gasteiger partial charge on any atom is 0.305 e. The van der Waals surface area contributed by atoms with E-state index in [4.69, 9.17) is 27.9 Å². The summed E-state index contributed by atoms with van der Waals surface area (Å²) in [5.74, 6) is -0.469. The lowest BCUT2D eigenvalue weighted by Crippen LogP contribution is -2.33. The Morgan fingerprint density at radius 3 is 2.47 bits per heavy atom. The summed E-state index contributed by atoms with van der Waals surface area (Å²) >= 11 is 12.5. The molecule has 0 unspecified atom stereocenters. The molecule has 1 aliphatic heterocycles. The summed E-state index contributed by atoms with van der Waals surface area (Å²) in [6, 6.07) is 19.2. The fourth-order valence-electron chi connectivity index (χ4n) is 4.62. The zero-order valence-electron chi connectivity index (χ0n) is 20.4. The van der Waals surface area contributed by atoms with Crippen LogP contribution < -0.4 is 4.74 Å². The van der Waals surface area contributed by atoms with Crippen LogP contribution >= 0.6 is 23.2 Å². The van der Waals surface area contributed by atoms with Gasteiger partial charge in [-0.05, 0) is 59.9 Å². The van der Waals surface area contributed by atoms with Gasteiger partial charge in [0, 0.05) is 31.5 Å². The standard InChI is InChI=1S/C29H29Cl2NO4/c1-3-19-7-9-20(10-8-19)16-29(2)17-23-15-21(11-12-25(23)36-29)28(35)32(14-13-26(33)34)18-22-5-4-6-24(30)27(22)31/h4-12,15H,3,13-14,16-18H2,1-2H3,(H,33,34)/t29-/m0/s1. The Hall–Kier alpha value is -3.02. The molecule has 0 aromatic heterocycles. The average molecular weight is 526 g/mol. The molecule has 1 heterocycles. The minimum Gasteiger partial charge on any atom is -0.487 e. The van der Waals surface area contributed by atoms with E-state index < -0.39 is 11.6 Å². The number of nitrogens with zero attached hydrogens (tertiary/aromatic N) is 1. The lowest BCUT2D eigenvalue weighted by atomic mass is 9.91. The van der Waals surface area contributed by atoms with Gasteiger partial charge in [0.05, 0.1) is 16.5 Å². The molecule has 0 bridgehead atoms. The molecule has 4 rings (SSSR count). The number of fused-ring (bicyclic) bond motifs is 1. The molecule has 1 aliphatic rings. The minimum atomic E-state index is -0.977. The predicted octanol–water partition coefficient (Wildman–Crippen LogP) is 6.61. The van der Waals surface area contributed by atoms with Crippen molar-refractivity contribution in [3.8, 4) is 5.75 Å². The van der Waals surface area contributed by atoms with Gasteiger partial charge in [-0.15, -0.1) is 0 Å².